The minimum atomic E-state index is 0.601. The quantitative estimate of drug-likeness (QED) is 0.922. The van der Waals surface area contributed by atoms with Crippen LogP contribution in [0.15, 0.2) is 18.2 Å². The Morgan fingerprint density at radius 3 is 2.61 bits per heavy atom. The van der Waals surface area contributed by atoms with Crippen LogP contribution in [-0.2, 0) is 6.42 Å². The molecule has 2 aromatic rings. The first-order valence-electron chi connectivity index (χ1n) is 5.56. The second-order valence-electron chi connectivity index (χ2n) is 3.91. The predicted octanol–water partition coefficient (Wildman–Crippen LogP) is 2.64. The number of nitrogens with two attached hydrogens (primary N) is 1. The van der Waals surface area contributed by atoms with Crippen LogP contribution in [0.4, 0.5) is 5.13 Å². The van der Waals surface area contributed by atoms with E-state index in [1.165, 1.54) is 11.3 Å². The first-order valence-corrected chi connectivity index (χ1v) is 6.38. The van der Waals surface area contributed by atoms with Gasteiger partial charge in [-0.2, -0.15) is 0 Å². The number of hydrogen-bond donors (Lipinski definition) is 1. The standard InChI is InChI=1S/C13H16N2O2S/c1-8-11(15-13(14)18-8)7-9-6-10(16-2)4-5-12(9)17-3/h4-6H,7H2,1-3H3,(H2,14,15). The second-order valence-corrected chi connectivity index (χ2v) is 5.14. The van der Waals surface area contributed by atoms with Gasteiger partial charge in [-0.3, -0.25) is 0 Å². The lowest BCUT2D eigenvalue weighted by Crippen LogP contribution is -1.97. The summed E-state index contributed by atoms with van der Waals surface area (Å²) in [4.78, 5) is 5.47. The van der Waals surface area contributed by atoms with E-state index in [2.05, 4.69) is 4.98 Å². The number of anilines is 1. The third-order valence-electron chi connectivity index (χ3n) is 2.75. The topological polar surface area (TPSA) is 57.4 Å². The minimum absolute atomic E-state index is 0.601. The highest BCUT2D eigenvalue weighted by molar-refractivity contribution is 7.15. The van der Waals surface area contributed by atoms with Crippen LogP contribution in [0.2, 0.25) is 0 Å². The van der Waals surface area contributed by atoms with Crippen LogP contribution in [0.1, 0.15) is 16.1 Å². The normalized spacial score (nSPS) is 10.4. The van der Waals surface area contributed by atoms with Crippen molar-refractivity contribution in [2.24, 2.45) is 0 Å². The molecule has 2 N–H and O–H groups in total. The number of thiazole rings is 1. The Bertz CT molecular complexity index is 552. The van der Waals surface area contributed by atoms with Gasteiger partial charge in [0.1, 0.15) is 11.5 Å². The molecular weight excluding hydrogens is 248 g/mol. The first kappa shape index (κ1) is 12.7. The third-order valence-corrected chi connectivity index (χ3v) is 3.60. The first-order chi connectivity index (χ1) is 8.63. The van der Waals surface area contributed by atoms with Gasteiger partial charge in [0.25, 0.3) is 0 Å². The van der Waals surface area contributed by atoms with Crippen molar-refractivity contribution in [3.63, 3.8) is 0 Å². The summed E-state index contributed by atoms with van der Waals surface area (Å²) < 4.78 is 10.6. The molecule has 18 heavy (non-hydrogen) atoms. The van der Waals surface area contributed by atoms with E-state index in [1.807, 2.05) is 25.1 Å². The summed E-state index contributed by atoms with van der Waals surface area (Å²) in [6, 6.07) is 5.75. The van der Waals surface area contributed by atoms with Crippen LogP contribution in [-0.4, -0.2) is 19.2 Å². The Kier molecular flexibility index (Phi) is 3.72. The molecule has 0 atom stereocenters. The van der Waals surface area contributed by atoms with E-state index >= 15 is 0 Å². The van der Waals surface area contributed by atoms with E-state index in [4.69, 9.17) is 15.2 Å². The Hall–Kier alpha value is -1.75. The molecule has 0 fully saturated rings. The molecule has 1 aromatic heterocycles. The lowest BCUT2D eigenvalue weighted by atomic mass is 10.1. The molecule has 0 amide bonds. The van der Waals surface area contributed by atoms with Gasteiger partial charge in [0, 0.05) is 16.9 Å². The number of nitrogen functional groups attached to an aromatic ring is 1. The molecule has 0 radical (unpaired) electrons. The Balaban J connectivity index is 2.35. The van der Waals surface area contributed by atoms with Crippen molar-refractivity contribution in [1.29, 1.82) is 0 Å². The van der Waals surface area contributed by atoms with Gasteiger partial charge in [-0.05, 0) is 25.1 Å². The van der Waals surface area contributed by atoms with Crippen molar-refractivity contribution >= 4 is 16.5 Å². The fraction of sp³-hybridized carbons (Fsp3) is 0.308. The van der Waals surface area contributed by atoms with Crippen LogP contribution in [0.25, 0.3) is 0 Å². The molecule has 96 valence electrons. The average Bonchev–Trinajstić information content (AvgIpc) is 2.67. The summed E-state index contributed by atoms with van der Waals surface area (Å²) in [6.45, 7) is 2.02. The molecule has 0 saturated heterocycles. The fourth-order valence-electron chi connectivity index (χ4n) is 1.81. The predicted molar refractivity (Wildman–Crippen MR) is 73.6 cm³/mol. The van der Waals surface area contributed by atoms with Gasteiger partial charge in [-0.1, -0.05) is 0 Å². The SMILES string of the molecule is COc1ccc(OC)c(Cc2nc(N)sc2C)c1. The number of aromatic nitrogens is 1. The van der Waals surface area contributed by atoms with Crippen molar-refractivity contribution in [2.45, 2.75) is 13.3 Å². The molecule has 5 heteroatoms. The molecule has 0 aliphatic rings. The van der Waals surface area contributed by atoms with E-state index in [1.54, 1.807) is 14.2 Å². The molecule has 0 saturated carbocycles. The second kappa shape index (κ2) is 5.27. The maximum absolute atomic E-state index is 5.71. The summed E-state index contributed by atoms with van der Waals surface area (Å²) >= 11 is 1.51. The van der Waals surface area contributed by atoms with Crippen molar-refractivity contribution in [2.75, 3.05) is 20.0 Å². The molecule has 0 aliphatic heterocycles. The van der Waals surface area contributed by atoms with E-state index in [-0.39, 0.29) is 0 Å². The monoisotopic (exact) mass is 264 g/mol. The molecular formula is C13H16N2O2S. The number of rotatable bonds is 4. The highest BCUT2D eigenvalue weighted by Gasteiger charge is 2.11. The van der Waals surface area contributed by atoms with E-state index in [9.17, 15) is 0 Å². The van der Waals surface area contributed by atoms with Crippen molar-refractivity contribution < 1.29 is 9.47 Å². The van der Waals surface area contributed by atoms with Gasteiger partial charge in [0.15, 0.2) is 5.13 Å². The maximum atomic E-state index is 5.71. The lowest BCUT2D eigenvalue weighted by Gasteiger charge is -2.09. The molecule has 1 heterocycles. The largest absolute Gasteiger partial charge is 0.497 e. The van der Waals surface area contributed by atoms with Crippen LogP contribution < -0.4 is 15.2 Å². The van der Waals surface area contributed by atoms with Gasteiger partial charge in [-0.15, -0.1) is 11.3 Å². The zero-order valence-electron chi connectivity index (χ0n) is 10.7. The zero-order valence-corrected chi connectivity index (χ0v) is 11.5. The van der Waals surface area contributed by atoms with E-state index < -0.39 is 0 Å². The highest BCUT2D eigenvalue weighted by Crippen LogP contribution is 2.28. The average molecular weight is 264 g/mol. The molecule has 0 spiro atoms. The van der Waals surface area contributed by atoms with Crippen molar-refractivity contribution in [1.82, 2.24) is 4.98 Å². The van der Waals surface area contributed by atoms with Gasteiger partial charge in [-0.25, -0.2) is 4.98 Å². The maximum Gasteiger partial charge on any atom is 0.180 e. The molecule has 4 nitrogen and oxygen atoms in total. The van der Waals surface area contributed by atoms with Crippen LogP contribution in [0.3, 0.4) is 0 Å². The molecule has 2 rings (SSSR count). The minimum Gasteiger partial charge on any atom is -0.497 e. The summed E-state index contributed by atoms with van der Waals surface area (Å²) in [5, 5.41) is 0.601. The lowest BCUT2D eigenvalue weighted by molar-refractivity contribution is 0.399. The van der Waals surface area contributed by atoms with Crippen molar-refractivity contribution in [3.8, 4) is 11.5 Å². The number of hydrogen-bond acceptors (Lipinski definition) is 5. The number of methoxy groups -OCH3 is 2. The zero-order chi connectivity index (χ0) is 13.1. The summed E-state index contributed by atoms with van der Waals surface area (Å²) in [7, 11) is 3.31. The fourth-order valence-corrected chi connectivity index (χ4v) is 2.52. The third kappa shape index (κ3) is 2.56. The van der Waals surface area contributed by atoms with Gasteiger partial charge in [0.2, 0.25) is 0 Å². The van der Waals surface area contributed by atoms with Crippen LogP contribution in [0.5, 0.6) is 11.5 Å². The molecule has 0 bridgehead atoms. The highest BCUT2D eigenvalue weighted by atomic mass is 32.1. The molecule has 0 aliphatic carbocycles. The number of ether oxygens (including phenoxy) is 2. The van der Waals surface area contributed by atoms with Gasteiger partial charge >= 0.3 is 0 Å². The van der Waals surface area contributed by atoms with Crippen LogP contribution in [0, 0.1) is 6.92 Å². The smallest absolute Gasteiger partial charge is 0.180 e. The van der Waals surface area contributed by atoms with E-state index in [0.717, 1.165) is 27.6 Å². The Morgan fingerprint density at radius 1 is 1.28 bits per heavy atom. The number of nitrogens with zero attached hydrogens (tertiary/aromatic N) is 1. The number of aryl methyl sites for hydroxylation is 1. The summed E-state index contributed by atoms with van der Waals surface area (Å²) in [5.41, 5.74) is 7.75. The summed E-state index contributed by atoms with van der Waals surface area (Å²) in [5.74, 6) is 1.65. The van der Waals surface area contributed by atoms with E-state index in [0.29, 0.717) is 11.6 Å². The van der Waals surface area contributed by atoms with Crippen molar-refractivity contribution in [3.05, 3.63) is 34.3 Å². The molecule has 1 aromatic carbocycles. The van der Waals surface area contributed by atoms with Gasteiger partial charge in [0.05, 0.1) is 19.9 Å². The number of benzene rings is 1. The summed E-state index contributed by atoms with van der Waals surface area (Å²) in [6.07, 6.45) is 0.694. The van der Waals surface area contributed by atoms with Gasteiger partial charge < -0.3 is 15.2 Å². The van der Waals surface area contributed by atoms with Crippen LogP contribution >= 0.6 is 11.3 Å². The molecule has 0 unspecified atom stereocenters. The Labute approximate surface area is 110 Å². The Morgan fingerprint density at radius 2 is 2.06 bits per heavy atom.